The monoisotopic (exact) mass is 145 g/mol. The average Bonchev–Trinajstić information content (AvgIpc) is 1.77. The Bertz CT molecular complexity index is 134. The number of alkyl halides is 1. The first-order chi connectivity index (χ1) is 4.70. The second kappa shape index (κ2) is 2.99. The van der Waals surface area contributed by atoms with E-state index in [1.807, 2.05) is 0 Å². The van der Waals surface area contributed by atoms with Gasteiger partial charge in [-0.15, -0.1) is 0 Å². The zero-order chi connectivity index (χ0) is 7.56. The Balaban J connectivity index is 2.16. The third-order valence-electron chi connectivity index (χ3n) is 2.07. The second-order valence-corrected chi connectivity index (χ2v) is 2.90. The minimum atomic E-state index is -1.41. The molecule has 2 N–H and O–H groups in total. The van der Waals surface area contributed by atoms with E-state index >= 15 is 0 Å². The highest BCUT2D eigenvalue weighted by Crippen LogP contribution is 2.30. The van der Waals surface area contributed by atoms with E-state index in [4.69, 9.17) is 5.73 Å². The van der Waals surface area contributed by atoms with Crippen LogP contribution in [0.5, 0.6) is 0 Å². The molecular weight excluding hydrogens is 133 g/mol. The van der Waals surface area contributed by atoms with Gasteiger partial charge in [-0.05, 0) is 12.3 Å². The lowest BCUT2D eigenvalue weighted by atomic mass is 9.81. The lowest BCUT2D eigenvalue weighted by molar-refractivity contribution is -0.123. The molecule has 0 aromatic carbocycles. The molecule has 1 unspecified atom stereocenters. The fourth-order valence-corrected chi connectivity index (χ4v) is 1.14. The maximum Gasteiger partial charge on any atom is 0.251 e. The van der Waals surface area contributed by atoms with Crippen molar-refractivity contribution in [3.8, 4) is 0 Å². The molecule has 0 aliphatic heterocycles. The number of hydrogen-bond donors (Lipinski definition) is 1. The molecule has 1 saturated carbocycles. The number of amides is 1. The van der Waals surface area contributed by atoms with Crippen LogP contribution in [0.15, 0.2) is 0 Å². The average molecular weight is 145 g/mol. The van der Waals surface area contributed by atoms with Crippen LogP contribution in [0.4, 0.5) is 4.39 Å². The number of carbonyl (C=O) groups excluding carboxylic acids is 1. The van der Waals surface area contributed by atoms with Crippen LogP contribution in [0.1, 0.15) is 25.7 Å². The molecule has 0 bridgehead atoms. The van der Waals surface area contributed by atoms with Crippen LogP contribution in [-0.4, -0.2) is 12.1 Å². The van der Waals surface area contributed by atoms with Gasteiger partial charge in [0.15, 0.2) is 6.17 Å². The van der Waals surface area contributed by atoms with Gasteiger partial charge in [0.05, 0.1) is 0 Å². The van der Waals surface area contributed by atoms with Gasteiger partial charge < -0.3 is 5.73 Å². The zero-order valence-corrected chi connectivity index (χ0v) is 5.85. The first-order valence-electron chi connectivity index (χ1n) is 3.63. The molecule has 1 aliphatic carbocycles. The van der Waals surface area contributed by atoms with E-state index in [0.29, 0.717) is 12.3 Å². The van der Waals surface area contributed by atoms with Gasteiger partial charge in [-0.1, -0.05) is 19.3 Å². The van der Waals surface area contributed by atoms with Crippen LogP contribution >= 0.6 is 0 Å². The van der Waals surface area contributed by atoms with Gasteiger partial charge in [-0.2, -0.15) is 0 Å². The van der Waals surface area contributed by atoms with Crippen molar-refractivity contribution in [2.75, 3.05) is 0 Å². The summed E-state index contributed by atoms with van der Waals surface area (Å²) in [4.78, 5) is 10.2. The Kier molecular flexibility index (Phi) is 2.25. The summed E-state index contributed by atoms with van der Waals surface area (Å²) in [5.41, 5.74) is 4.75. The Labute approximate surface area is 59.6 Å². The van der Waals surface area contributed by atoms with Crippen LogP contribution in [0.2, 0.25) is 0 Å². The summed E-state index contributed by atoms with van der Waals surface area (Å²) >= 11 is 0. The maximum atomic E-state index is 12.5. The summed E-state index contributed by atoms with van der Waals surface area (Å²) in [6.45, 7) is 0. The zero-order valence-electron chi connectivity index (χ0n) is 5.85. The molecule has 0 heterocycles. The van der Waals surface area contributed by atoms with Crippen LogP contribution in [0.3, 0.4) is 0 Å². The smallest absolute Gasteiger partial charge is 0.251 e. The molecule has 2 nitrogen and oxygen atoms in total. The highest BCUT2D eigenvalue weighted by atomic mass is 19.1. The van der Waals surface area contributed by atoms with Crippen molar-refractivity contribution < 1.29 is 9.18 Å². The summed E-state index contributed by atoms with van der Waals surface area (Å²) < 4.78 is 12.5. The minimum Gasteiger partial charge on any atom is -0.367 e. The molecule has 0 aromatic rings. The van der Waals surface area contributed by atoms with Crippen molar-refractivity contribution in [3.05, 3.63) is 0 Å². The Morgan fingerprint density at radius 3 is 2.60 bits per heavy atom. The number of primary amides is 1. The van der Waals surface area contributed by atoms with Crippen LogP contribution in [0.25, 0.3) is 0 Å². The predicted octanol–water partition coefficient (Wildman–Crippen LogP) is 1.00. The molecule has 1 rings (SSSR count). The number of halogens is 1. The van der Waals surface area contributed by atoms with E-state index in [0.717, 1.165) is 12.8 Å². The number of nitrogens with two attached hydrogens (primary N) is 1. The van der Waals surface area contributed by atoms with Crippen molar-refractivity contribution in [1.82, 2.24) is 0 Å². The summed E-state index contributed by atoms with van der Waals surface area (Å²) in [5.74, 6) is -0.394. The normalized spacial score (nSPS) is 21.7. The molecule has 10 heavy (non-hydrogen) atoms. The van der Waals surface area contributed by atoms with Gasteiger partial charge >= 0.3 is 0 Å². The first-order valence-corrected chi connectivity index (χ1v) is 3.63. The molecule has 3 heteroatoms. The Hall–Kier alpha value is -0.600. The molecule has 0 aromatic heterocycles. The summed E-state index contributed by atoms with van der Waals surface area (Å²) in [6, 6.07) is 0. The lowest BCUT2D eigenvalue weighted by Gasteiger charge is -2.25. The van der Waals surface area contributed by atoms with Crippen LogP contribution < -0.4 is 5.73 Å². The SMILES string of the molecule is NC(=O)C(F)CC1CCC1. The predicted molar refractivity (Wildman–Crippen MR) is 36.0 cm³/mol. The van der Waals surface area contributed by atoms with E-state index in [9.17, 15) is 9.18 Å². The van der Waals surface area contributed by atoms with Gasteiger partial charge in [-0.25, -0.2) is 4.39 Å². The van der Waals surface area contributed by atoms with Crippen LogP contribution in [0, 0.1) is 5.92 Å². The molecule has 0 saturated heterocycles. The molecule has 58 valence electrons. The fraction of sp³-hybridized carbons (Fsp3) is 0.857. The molecule has 1 amide bonds. The van der Waals surface area contributed by atoms with Crippen molar-refractivity contribution in [2.45, 2.75) is 31.9 Å². The number of carbonyl (C=O) groups is 1. The molecule has 0 radical (unpaired) electrons. The quantitative estimate of drug-likeness (QED) is 0.632. The van der Waals surface area contributed by atoms with Crippen molar-refractivity contribution in [2.24, 2.45) is 11.7 Å². The topological polar surface area (TPSA) is 43.1 Å². The Morgan fingerprint density at radius 1 is 1.70 bits per heavy atom. The third-order valence-corrected chi connectivity index (χ3v) is 2.07. The van der Waals surface area contributed by atoms with Gasteiger partial charge in [0.2, 0.25) is 0 Å². The number of rotatable bonds is 3. The minimum absolute atomic E-state index is 0.343. The second-order valence-electron chi connectivity index (χ2n) is 2.90. The van der Waals surface area contributed by atoms with E-state index < -0.39 is 12.1 Å². The standard InChI is InChI=1S/C7H12FNO/c8-6(7(9)10)4-5-2-1-3-5/h5-6H,1-4H2,(H2,9,10). The van der Waals surface area contributed by atoms with Gasteiger partial charge in [0.1, 0.15) is 0 Å². The number of hydrogen-bond acceptors (Lipinski definition) is 1. The third kappa shape index (κ3) is 1.69. The summed E-state index contributed by atoms with van der Waals surface area (Å²) in [6.07, 6.45) is 2.23. The van der Waals surface area contributed by atoms with E-state index in [2.05, 4.69) is 0 Å². The van der Waals surface area contributed by atoms with Crippen molar-refractivity contribution in [3.63, 3.8) is 0 Å². The molecule has 0 spiro atoms. The van der Waals surface area contributed by atoms with Gasteiger partial charge in [0, 0.05) is 0 Å². The van der Waals surface area contributed by atoms with Crippen LogP contribution in [-0.2, 0) is 4.79 Å². The molecule has 1 atom stereocenters. The Morgan fingerprint density at radius 2 is 2.30 bits per heavy atom. The highest BCUT2D eigenvalue weighted by Gasteiger charge is 2.24. The van der Waals surface area contributed by atoms with E-state index in [1.54, 1.807) is 0 Å². The lowest BCUT2D eigenvalue weighted by Crippen LogP contribution is -2.28. The first kappa shape index (κ1) is 7.51. The largest absolute Gasteiger partial charge is 0.367 e. The van der Waals surface area contributed by atoms with Gasteiger partial charge in [-0.3, -0.25) is 4.79 Å². The molecule has 1 fully saturated rings. The van der Waals surface area contributed by atoms with Gasteiger partial charge in [0.25, 0.3) is 5.91 Å². The van der Waals surface area contributed by atoms with Crippen molar-refractivity contribution in [1.29, 1.82) is 0 Å². The summed E-state index contributed by atoms with van der Waals surface area (Å²) in [7, 11) is 0. The fourth-order valence-electron chi connectivity index (χ4n) is 1.14. The van der Waals surface area contributed by atoms with E-state index in [1.165, 1.54) is 6.42 Å². The molecule has 1 aliphatic rings. The summed E-state index contributed by atoms with van der Waals surface area (Å²) in [5, 5.41) is 0. The van der Waals surface area contributed by atoms with E-state index in [-0.39, 0.29) is 0 Å². The highest BCUT2D eigenvalue weighted by molar-refractivity contribution is 5.78. The maximum absolute atomic E-state index is 12.5. The molecular formula is C7H12FNO. The van der Waals surface area contributed by atoms with Crippen molar-refractivity contribution >= 4 is 5.91 Å².